The minimum Gasteiger partial charge on any atom is -0.449 e. The van der Waals surface area contributed by atoms with E-state index < -0.39 is 0 Å². The van der Waals surface area contributed by atoms with Crippen LogP contribution in [0, 0.1) is 5.92 Å². The molecule has 0 aliphatic carbocycles. The van der Waals surface area contributed by atoms with Crippen LogP contribution in [0.3, 0.4) is 0 Å². The standard InChI is InChI=1S/C15H18N4O2/c1(3-13-5-9-21-19-13)12(11-14-16-6-7-17-14)2-4-15-18-8-10-20-15/h5-10,12H,1-4,11H2,(H,16,17). The molecule has 3 rings (SSSR count). The predicted octanol–water partition coefficient (Wildman–Crippen LogP) is 2.81. The van der Waals surface area contributed by atoms with Crippen LogP contribution < -0.4 is 0 Å². The lowest BCUT2D eigenvalue weighted by Gasteiger charge is -2.14. The fourth-order valence-electron chi connectivity index (χ4n) is 2.45. The van der Waals surface area contributed by atoms with E-state index in [2.05, 4.69) is 20.1 Å². The highest BCUT2D eigenvalue weighted by Gasteiger charge is 2.14. The van der Waals surface area contributed by atoms with Gasteiger partial charge in [0.15, 0.2) is 5.89 Å². The van der Waals surface area contributed by atoms with Crippen LogP contribution >= 0.6 is 0 Å². The Morgan fingerprint density at radius 3 is 2.76 bits per heavy atom. The summed E-state index contributed by atoms with van der Waals surface area (Å²) in [5.41, 5.74) is 0.996. The van der Waals surface area contributed by atoms with E-state index in [1.165, 1.54) is 0 Å². The molecule has 6 heteroatoms. The van der Waals surface area contributed by atoms with Crippen LogP contribution in [0.5, 0.6) is 0 Å². The first-order chi connectivity index (χ1) is 10.4. The van der Waals surface area contributed by atoms with E-state index in [9.17, 15) is 0 Å². The van der Waals surface area contributed by atoms with E-state index in [-0.39, 0.29) is 0 Å². The van der Waals surface area contributed by atoms with Crippen molar-refractivity contribution in [2.24, 2.45) is 5.92 Å². The number of hydrogen-bond donors (Lipinski definition) is 1. The van der Waals surface area contributed by atoms with Crippen molar-refractivity contribution in [2.75, 3.05) is 0 Å². The van der Waals surface area contributed by atoms with Gasteiger partial charge < -0.3 is 13.9 Å². The second-order valence-electron chi connectivity index (χ2n) is 5.10. The third-order valence-electron chi connectivity index (χ3n) is 3.59. The highest BCUT2D eigenvalue weighted by molar-refractivity contribution is 4.97. The Labute approximate surface area is 122 Å². The summed E-state index contributed by atoms with van der Waals surface area (Å²) < 4.78 is 10.2. The molecule has 0 saturated heterocycles. The van der Waals surface area contributed by atoms with Crippen molar-refractivity contribution in [1.29, 1.82) is 0 Å². The Balaban J connectivity index is 1.56. The van der Waals surface area contributed by atoms with E-state index in [1.807, 2.05) is 12.3 Å². The van der Waals surface area contributed by atoms with Crippen molar-refractivity contribution in [1.82, 2.24) is 20.1 Å². The van der Waals surface area contributed by atoms with Crippen molar-refractivity contribution in [2.45, 2.75) is 32.1 Å². The quantitative estimate of drug-likeness (QED) is 0.688. The predicted molar refractivity (Wildman–Crippen MR) is 75.4 cm³/mol. The summed E-state index contributed by atoms with van der Waals surface area (Å²) in [5.74, 6) is 2.31. The van der Waals surface area contributed by atoms with Gasteiger partial charge >= 0.3 is 0 Å². The van der Waals surface area contributed by atoms with Gasteiger partial charge in [-0.3, -0.25) is 0 Å². The largest absolute Gasteiger partial charge is 0.449 e. The summed E-state index contributed by atoms with van der Waals surface area (Å²) in [5, 5.41) is 3.97. The smallest absolute Gasteiger partial charge is 0.193 e. The molecular formula is C15H18N4O2. The van der Waals surface area contributed by atoms with Gasteiger partial charge in [0.25, 0.3) is 0 Å². The fourth-order valence-corrected chi connectivity index (χ4v) is 2.45. The Kier molecular flexibility index (Phi) is 4.45. The molecular weight excluding hydrogens is 268 g/mol. The van der Waals surface area contributed by atoms with Crippen LogP contribution in [0.2, 0.25) is 0 Å². The number of aromatic amines is 1. The number of nitrogens with zero attached hydrogens (tertiary/aromatic N) is 3. The topological polar surface area (TPSA) is 80.7 Å². The van der Waals surface area contributed by atoms with Crippen LogP contribution in [0.25, 0.3) is 0 Å². The zero-order valence-electron chi connectivity index (χ0n) is 11.7. The third kappa shape index (κ3) is 4.05. The lowest BCUT2D eigenvalue weighted by atomic mass is 9.93. The Morgan fingerprint density at radius 2 is 2.05 bits per heavy atom. The minimum atomic E-state index is 0.500. The van der Waals surface area contributed by atoms with Crippen LogP contribution in [-0.4, -0.2) is 20.1 Å². The molecule has 6 nitrogen and oxygen atoms in total. The highest BCUT2D eigenvalue weighted by Crippen LogP contribution is 2.19. The average Bonchev–Trinajstić information content (AvgIpc) is 3.24. The van der Waals surface area contributed by atoms with Gasteiger partial charge in [-0.2, -0.15) is 0 Å². The van der Waals surface area contributed by atoms with Gasteiger partial charge in [-0.05, 0) is 25.2 Å². The first-order valence-corrected chi connectivity index (χ1v) is 7.16. The molecule has 1 N–H and O–H groups in total. The van der Waals surface area contributed by atoms with Gasteiger partial charge in [0.2, 0.25) is 0 Å². The van der Waals surface area contributed by atoms with Gasteiger partial charge in [0, 0.05) is 31.3 Å². The zero-order chi connectivity index (χ0) is 14.3. The maximum absolute atomic E-state index is 5.31. The molecule has 0 bridgehead atoms. The Bertz CT molecular complexity index is 564. The Hall–Kier alpha value is -2.37. The van der Waals surface area contributed by atoms with Crippen molar-refractivity contribution in [3.8, 4) is 0 Å². The lowest BCUT2D eigenvalue weighted by Crippen LogP contribution is -2.09. The van der Waals surface area contributed by atoms with Crippen molar-refractivity contribution in [3.63, 3.8) is 0 Å². The highest BCUT2D eigenvalue weighted by atomic mass is 16.5. The first-order valence-electron chi connectivity index (χ1n) is 7.16. The molecule has 3 aromatic heterocycles. The minimum absolute atomic E-state index is 0.500. The number of aromatic nitrogens is 4. The van der Waals surface area contributed by atoms with Crippen LogP contribution in [0.15, 0.2) is 46.1 Å². The number of nitrogens with one attached hydrogen (secondary N) is 1. The molecule has 0 aliphatic heterocycles. The molecule has 0 amide bonds. The normalized spacial score (nSPS) is 12.6. The molecule has 3 heterocycles. The molecule has 0 aliphatic rings. The van der Waals surface area contributed by atoms with E-state index in [0.29, 0.717) is 5.92 Å². The number of H-pyrrole nitrogens is 1. The summed E-state index contributed by atoms with van der Waals surface area (Å²) in [6, 6.07) is 1.91. The number of imidazole rings is 1. The average molecular weight is 286 g/mol. The molecule has 3 aromatic rings. The van der Waals surface area contributed by atoms with Gasteiger partial charge in [0.05, 0.1) is 11.9 Å². The second kappa shape index (κ2) is 6.88. The number of hydrogen-bond acceptors (Lipinski definition) is 5. The molecule has 1 unspecified atom stereocenters. The molecule has 0 saturated carbocycles. The van der Waals surface area contributed by atoms with Gasteiger partial charge in [-0.1, -0.05) is 5.16 Å². The SMILES string of the molecule is c1c[nH]c(CC(CCc2ccon2)CCc2ncco2)n1. The molecule has 110 valence electrons. The summed E-state index contributed by atoms with van der Waals surface area (Å²) in [7, 11) is 0. The summed E-state index contributed by atoms with van der Waals surface area (Å²) in [4.78, 5) is 11.7. The number of rotatable bonds is 8. The van der Waals surface area contributed by atoms with E-state index >= 15 is 0 Å². The summed E-state index contributed by atoms with van der Waals surface area (Å²) >= 11 is 0. The van der Waals surface area contributed by atoms with Gasteiger partial charge in [-0.15, -0.1) is 0 Å². The van der Waals surface area contributed by atoms with E-state index in [4.69, 9.17) is 8.94 Å². The van der Waals surface area contributed by atoms with Crippen LogP contribution in [-0.2, 0) is 19.3 Å². The zero-order valence-corrected chi connectivity index (χ0v) is 11.7. The van der Waals surface area contributed by atoms with Crippen LogP contribution in [0.4, 0.5) is 0 Å². The maximum Gasteiger partial charge on any atom is 0.193 e. The second-order valence-corrected chi connectivity index (χ2v) is 5.10. The van der Waals surface area contributed by atoms with Gasteiger partial charge in [-0.25, -0.2) is 9.97 Å². The van der Waals surface area contributed by atoms with E-state index in [0.717, 1.165) is 49.5 Å². The fraction of sp³-hybridized carbons (Fsp3) is 0.400. The van der Waals surface area contributed by atoms with Crippen molar-refractivity contribution < 1.29 is 8.94 Å². The molecule has 0 radical (unpaired) electrons. The van der Waals surface area contributed by atoms with Gasteiger partial charge in [0.1, 0.15) is 18.4 Å². The first kappa shape index (κ1) is 13.6. The molecule has 0 spiro atoms. The summed E-state index contributed by atoms with van der Waals surface area (Å²) in [6.45, 7) is 0. The molecule has 0 aromatic carbocycles. The Morgan fingerprint density at radius 1 is 1.10 bits per heavy atom. The molecule has 21 heavy (non-hydrogen) atoms. The third-order valence-corrected chi connectivity index (χ3v) is 3.59. The number of aryl methyl sites for hydroxylation is 2. The van der Waals surface area contributed by atoms with E-state index in [1.54, 1.807) is 24.9 Å². The maximum atomic E-state index is 5.31. The molecule has 0 fully saturated rings. The van der Waals surface area contributed by atoms with Crippen LogP contribution in [0.1, 0.15) is 30.3 Å². The summed E-state index contributed by atoms with van der Waals surface area (Å²) in [6.07, 6.45) is 13.3. The van der Waals surface area contributed by atoms with Crippen molar-refractivity contribution in [3.05, 3.63) is 54.6 Å². The number of oxazole rings is 1. The lowest BCUT2D eigenvalue weighted by molar-refractivity contribution is 0.388. The van der Waals surface area contributed by atoms with Crippen molar-refractivity contribution >= 4 is 0 Å². The monoisotopic (exact) mass is 286 g/mol. The molecule has 1 atom stereocenters.